The van der Waals surface area contributed by atoms with E-state index in [0.29, 0.717) is 5.92 Å². The quantitative estimate of drug-likeness (QED) is 0.318. The van der Waals surface area contributed by atoms with Crippen LogP contribution >= 0.6 is 24.0 Å². The second-order valence-electron chi connectivity index (χ2n) is 9.63. The predicted octanol–water partition coefficient (Wildman–Crippen LogP) is 2.53. The van der Waals surface area contributed by atoms with Crippen molar-refractivity contribution in [2.45, 2.75) is 58.6 Å². The second kappa shape index (κ2) is 12.3. The van der Waals surface area contributed by atoms with E-state index in [1.807, 2.05) is 32.7 Å². The number of piperidine rings is 1. The Morgan fingerprint density at radius 1 is 1.07 bits per heavy atom. The zero-order valence-electron chi connectivity index (χ0n) is 19.6. The third-order valence-electron chi connectivity index (χ3n) is 5.60. The Kier molecular flexibility index (Phi) is 11.1. The molecule has 0 aromatic rings. The lowest BCUT2D eigenvalue weighted by Gasteiger charge is -2.41. The van der Waals surface area contributed by atoms with Crippen molar-refractivity contribution in [2.24, 2.45) is 10.9 Å². The maximum atomic E-state index is 12.2. The molecule has 2 fully saturated rings. The Morgan fingerprint density at radius 3 is 2.20 bits per heavy atom. The van der Waals surface area contributed by atoms with Crippen LogP contribution in [0, 0.1) is 5.92 Å². The highest BCUT2D eigenvalue weighted by Gasteiger charge is 2.29. The molecular weight excluding hydrogens is 497 g/mol. The summed E-state index contributed by atoms with van der Waals surface area (Å²) in [5.74, 6) is 1.36. The van der Waals surface area contributed by atoms with E-state index >= 15 is 0 Å². The number of amides is 1. The number of rotatable bonds is 5. The maximum Gasteiger partial charge on any atom is 0.410 e. The van der Waals surface area contributed by atoms with Gasteiger partial charge in [-0.2, -0.15) is 0 Å². The average Bonchev–Trinajstić information content (AvgIpc) is 2.68. The van der Waals surface area contributed by atoms with Crippen LogP contribution in [0.5, 0.6) is 0 Å². The van der Waals surface area contributed by atoms with Crippen LogP contribution in [0.3, 0.4) is 0 Å². The Bertz CT molecular complexity index is 551. The van der Waals surface area contributed by atoms with Gasteiger partial charge in [-0.15, -0.1) is 24.0 Å². The van der Waals surface area contributed by atoms with E-state index in [1.54, 1.807) is 0 Å². The normalized spacial score (nSPS) is 19.8. The number of hydrogen-bond donors (Lipinski definition) is 2. The van der Waals surface area contributed by atoms with Gasteiger partial charge in [0.1, 0.15) is 5.60 Å². The number of morpholine rings is 1. The molecule has 2 rings (SSSR count). The summed E-state index contributed by atoms with van der Waals surface area (Å²) in [7, 11) is 1.81. The van der Waals surface area contributed by atoms with Gasteiger partial charge in [0, 0.05) is 51.9 Å². The molecule has 0 radical (unpaired) electrons. The van der Waals surface area contributed by atoms with Gasteiger partial charge in [0.25, 0.3) is 0 Å². The first kappa shape index (κ1) is 27.2. The highest BCUT2D eigenvalue weighted by molar-refractivity contribution is 14.0. The number of carbonyl (C=O) groups is 1. The fourth-order valence-electron chi connectivity index (χ4n) is 3.69. The Balaban J connectivity index is 0.00000450. The van der Waals surface area contributed by atoms with Gasteiger partial charge in [0.2, 0.25) is 0 Å². The summed E-state index contributed by atoms with van der Waals surface area (Å²) in [6.45, 7) is 16.9. The number of likely N-dealkylation sites (tertiary alicyclic amines) is 1. The van der Waals surface area contributed by atoms with E-state index in [4.69, 9.17) is 9.47 Å². The molecule has 2 heterocycles. The summed E-state index contributed by atoms with van der Waals surface area (Å²) in [6.07, 6.45) is 1.75. The van der Waals surface area contributed by atoms with Gasteiger partial charge in [-0.05, 0) is 53.4 Å². The van der Waals surface area contributed by atoms with E-state index in [0.717, 1.165) is 71.3 Å². The van der Waals surface area contributed by atoms with Crippen molar-refractivity contribution in [3.63, 3.8) is 0 Å². The summed E-state index contributed by atoms with van der Waals surface area (Å²) >= 11 is 0. The Labute approximate surface area is 199 Å². The molecule has 2 saturated heterocycles. The zero-order chi connectivity index (χ0) is 21.5. The van der Waals surface area contributed by atoms with Gasteiger partial charge >= 0.3 is 6.09 Å². The van der Waals surface area contributed by atoms with Crippen molar-refractivity contribution in [1.82, 2.24) is 20.4 Å². The van der Waals surface area contributed by atoms with Gasteiger partial charge in [-0.3, -0.25) is 9.89 Å². The van der Waals surface area contributed by atoms with Crippen LogP contribution in [0.25, 0.3) is 0 Å². The molecule has 0 spiro atoms. The molecular formula is C21H42IN5O3. The van der Waals surface area contributed by atoms with Crippen molar-refractivity contribution in [2.75, 3.05) is 59.5 Å². The molecule has 2 N–H and O–H groups in total. The van der Waals surface area contributed by atoms with Crippen LogP contribution in [-0.2, 0) is 9.47 Å². The van der Waals surface area contributed by atoms with Gasteiger partial charge in [0.05, 0.1) is 13.2 Å². The van der Waals surface area contributed by atoms with E-state index in [-0.39, 0.29) is 35.6 Å². The third-order valence-corrected chi connectivity index (χ3v) is 5.60. The Morgan fingerprint density at radius 2 is 1.67 bits per heavy atom. The third kappa shape index (κ3) is 9.13. The maximum absolute atomic E-state index is 12.2. The van der Waals surface area contributed by atoms with Gasteiger partial charge in [0.15, 0.2) is 5.96 Å². The topological polar surface area (TPSA) is 78.4 Å². The highest BCUT2D eigenvalue weighted by atomic mass is 127. The first-order valence-electron chi connectivity index (χ1n) is 10.9. The SMILES string of the molecule is CN=C(NCC1CCN(C(=O)OC(C)(C)C)CC1)NCC(C)(C)N1CCOCC1.I. The molecule has 2 aliphatic heterocycles. The second-order valence-corrected chi connectivity index (χ2v) is 9.63. The van der Waals surface area contributed by atoms with Crippen LogP contribution in [-0.4, -0.2) is 92.5 Å². The van der Waals surface area contributed by atoms with Gasteiger partial charge in [-0.1, -0.05) is 0 Å². The summed E-state index contributed by atoms with van der Waals surface area (Å²) in [6, 6.07) is 0. The lowest BCUT2D eigenvalue weighted by molar-refractivity contribution is -0.00834. The lowest BCUT2D eigenvalue weighted by Crippen LogP contribution is -2.56. The van der Waals surface area contributed by atoms with E-state index < -0.39 is 5.60 Å². The molecule has 30 heavy (non-hydrogen) atoms. The number of ether oxygens (including phenoxy) is 2. The molecule has 0 saturated carbocycles. The van der Waals surface area contributed by atoms with E-state index in [9.17, 15) is 4.79 Å². The molecule has 0 aromatic carbocycles. The van der Waals surface area contributed by atoms with Crippen LogP contribution < -0.4 is 10.6 Å². The number of carbonyl (C=O) groups excluding carboxylic acids is 1. The summed E-state index contributed by atoms with van der Waals surface area (Å²) in [4.78, 5) is 20.8. The molecule has 0 aromatic heterocycles. The number of nitrogens with zero attached hydrogens (tertiary/aromatic N) is 3. The predicted molar refractivity (Wildman–Crippen MR) is 132 cm³/mol. The van der Waals surface area contributed by atoms with Crippen LogP contribution in [0.1, 0.15) is 47.5 Å². The first-order valence-corrected chi connectivity index (χ1v) is 10.9. The van der Waals surface area contributed by atoms with Crippen LogP contribution in [0.15, 0.2) is 4.99 Å². The summed E-state index contributed by atoms with van der Waals surface area (Å²) < 4.78 is 10.9. The number of halogens is 1. The molecule has 0 bridgehead atoms. The van der Waals surface area contributed by atoms with Crippen molar-refractivity contribution < 1.29 is 14.3 Å². The fraction of sp³-hybridized carbons (Fsp3) is 0.905. The van der Waals surface area contributed by atoms with Gasteiger partial charge < -0.3 is 25.0 Å². The summed E-state index contributed by atoms with van der Waals surface area (Å²) in [5, 5.41) is 6.93. The van der Waals surface area contributed by atoms with Gasteiger partial charge in [-0.25, -0.2) is 4.79 Å². The first-order chi connectivity index (χ1) is 13.6. The highest BCUT2D eigenvalue weighted by Crippen LogP contribution is 2.19. The van der Waals surface area contributed by atoms with Crippen LogP contribution in [0.2, 0.25) is 0 Å². The van der Waals surface area contributed by atoms with Crippen molar-refractivity contribution in [3.8, 4) is 0 Å². The molecule has 2 aliphatic rings. The van der Waals surface area contributed by atoms with E-state index in [2.05, 4.69) is 34.4 Å². The molecule has 0 aliphatic carbocycles. The van der Waals surface area contributed by atoms with Crippen molar-refractivity contribution in [3.05, 3.63) is 0 Å². The molecule has 1 amide bonds. The molecule has 0 atom stereocenters. The lowest BCUT2D eigenvalue weighted by atomic mass is 9.97. The number of hydrogen-bond acceptors (Lipinski definition) is 5. The minimum Gasteiger partial charge on any atom is -0.444 e. The zero-order valence-corrected chi connectivity index (χ0v) is 22.0. The van der Waals surface area contributed by atoms with Crippen molar-refractivity contribution >= 4 is 36.0 Å². The number of aliphatic imine (C=N–C) groups is 1. The molecule has 176 valence electrons. The largest absolute Gasteiger partial charge is 0.444 e. The molecule has 8 nitrogen and oxygen atoms in total. The van der Waals surface area contributed by atoms with Crippen molar-refractivity contribution in [1.29, 1.82) is 0 Å². The minimum absolute atomic E-state index is 0. The molecule has 9 heteroatoms. The molecule has 0 unspecified atom stereocenters. The Hall–Kier alpha value is -0.810. The average molecular weight is 540 g/mol. The minimum atomic E-state index is -0.442. The smallest absolute Gasteiger partial charge is 0.410 e. The monoisotopic (exact) mass is 539 g/mol. The summed E-state index contributed by atoms with van der Waals surface area (Å²) in [5.41, 5.74) is -0.400. The van der Waals surface area contributed by atoms with Crippen LogP contribution in [0.4, 0.5) is 4.79 Å². The standard InChI is InChI=1S/C21H41N5O3.HI/c1-20(2,3)29-19(27)25-9-7-17(8-10-25)15-23-18(22-6)24-16-21(4,5)26-11-13-28-14-12-26;/h17H,7-16H2,1-6H3,(H2,22,23,24);1H. The van der Waals surface area contributed by atoms with E-state index in [1.165, 1.54) is 0 Å². The fourth-order valence-corrected chi connectivity index (χ4v) is 3.69. The number of nitrogens with one attached hydrogen (secondary N) is 2. The number of guanidine groups is 1.